The molecule has 20 heavy (non-hydrogen) atoms. The lowest BCUT2D eigenvalue weighted by atomic mass is 10.1. The summed E-state index contributed by atoms with van der Waals surface area (Å²) >= 11 is 0. The van der Waals surface area contributed by atoms with Gasteiger partial charge in [0.15, 0.2) is 0 Å². The van der Waals surface area contributed by atoms with E-state index in [1.54, 1.807) is 18.6 Å². The van der Waals surface area contributed by atoms with Crippen molar-refractivity contribution >= 4 is 0 Å². The summed E-state index contributed by atoms with van der Waals surface area (Å²) in [6, 6.07) is 13.9. The molecule has 3 rings (SSSR count). The number of hydrogen-bond acceptors (Lipinski definition) is 3. The van der Waals surface area contributed by atoms with Gasteiger partial charge in [-0.25, -0.2) is 0 Å². The van der Waals surface area contributed by atoms with Crippen LogP contribution in [0.4, 0.5) is 0 Å². The van der Waals surface area contributed by atoms with Crippen molar-refractivity contribution in [1.29, 1.82) is 0 Å². The first-order valence-electron chi connectivity index (χ1n) is 6.48. The van der Waals surface area contributed by atoms with Gasteiger partial charge in [-0.1, -0.05) is 24.3 Å². The lowest BCUT2D eigenvalue weighted by Crippen LogP contribution is -2.03. The van der Waals surface area contributed by atoms with Crippen molar-refractivity contribution < 1.29 is 5.11 Å². The number of rotatable bonds is 4. The highest BCUT2D eigenvalue weighted by atomic mass is 16.3. The number of pyridine rings is 1. The van der Waals surface area contributed by atoms with Crippen LogP contribution in [-0.2, 0) is 13.2 Å². The van der Waals surface area contributed by atoms with Crippen molar-refractivity contribution in [2.75, 3.05) is 0 Å². The Morgan fingerprint density at radius 3 is 2.25 bits per heavy atom. The second-order valence-corrected chi connectivity index (χ2v) is 4.58. The van der Waals surface area contributed by atoms with E-state index in [1.807, 2.05) is 47.1 Å². The van der Waals surface area contributed by atoms with Gasteiger partial charge in [0.05, 0.1) is 18.8 Å². The SMILES string of the molecule is OCc1ccc(Cn2nccc2-c2ccncc2)cc1. The summed E-state index contributed by atoms with van der Waals surface area (Å²) in [6.07, 6.45) is 5.36. The first-order chi connectivity index (χ1) is 9.86. The molecule has 0 aliphatic carbocycles. The molecule has 0 fully saturated rings. The zero-order valence-electron chi connectivity index (χ0n) is 11.0. The zero-order valence-corrected chi connectivity index (χ0v) is 11.0. The molecule has 0 radical (unpaired) electrons. The molecule has 0 amide bonds. The van der Waals surface area contributed by atoms with Gasteiger partial charge < -0.3 is 5.11 Å². The third kappa shape index (κ3) is 2.60. The summed E-state index contributed by atoms with van der Waals surface area (Å²) in [6.45, 7) is 0.778. The highest BCUT2D eigenvalue weighted by molar-refractivity contribution is 5.58. The van der Waals surface area contributed by atoms with Crippen LogP contribution in [0.1, 0.15) is 11.1 Å². The van der Waals surface area contributed by atoms with Gasteiger partial charge in [-0.3, -0.25) is 9.67 Å². The van der Waals surface area contributed by atoms with Crippen LogP contribution in [0.3, 0.4) is 0 Å². The van der Waals surface area contributed by atoms with E-state index >= 15 is 0 Å². The van der Waals surface area contributed by atoms with Crippen molar-refractivity contribution in [3.8, 4) is 11.3 Å². The normalized spacial score (nSPS) is 10.7. The van der Waals surface area contributed by atoms with Crippen LogP contribution in [0.25, 0.3) is 11.3 Å². The van der Waals surface area contributed by atoms with E-state index in [-0.39, 0.29) is 6.61 Å². The van der Waals surface area contributed by atoms with Gasteiger partial charge >= 0.3 is 0 Å². The fourth-order valence-electron chi connectivity index (χ4n) is 2.15. The minimum atomic E-state index is 0.0737. The Balaban J connectivity index is 1.86. The molecule has 0 aliphatic heterocycles. The lowest BCUT2D eigenvalue weighted by molar-refractivity contribution is 0.282. The molecule has 0 atom stereocenters. The van der Waals surface area contributed by atoms with Crippen LogP contribution >= 0.6 is 0 Å². The Bertz CT molecular complexity index is 674. The minimum absolute atomic E-state index is 0.0737. The van der Waals surface area contributed by atoms with Crippen LogP contribution in [0, 0.1) is 0 Å². The fourth-order valence-corrected chi connectivity index (χ4v) is 2.15. The largest absolute Gasteiger partial charge is 0.392 e. The van der Waals surface area contributed by atoms with E-state index in [1.165, 1.54) is 0 Å². The average molecular weight is 265 g/mol. The Hall–Kier alpha value is -2.46. The molecule has 1 aromatic carbocycles. The number of nitrogens with zero attached hydrogens (tertiary/aromatic N) is 3. The predicted octanol–water partition coefficient (Wildman–Crippen LogP) is 2.49. The highest BCUT2D eigenvalue weighted by Crippen LogP contribution is 2.18. The third-order valence-corrected chi connectivity index (χ3v) is 3.23. The van der Waals surface area contributed by atoms with Crippen molar-refractivity contribution in [2.45, 2.75) is 13.2 Å². The summed E-state index contributed by atoms with van der Waals surface area (Å²) in [5.74, 6) is 0. The highest BCUT2D eigenvalue weighted by Gasteiger charge is 2.05. The molecular formula is C16H15N3O. The second kappa shape index (κ2) is 5.67. The molecular weight excluding hydrogens is 250 g/mol. The van der Waals surface area contributed by atoms with Gasteiger partial charge in [0.1, 0.15) is 0 Å². The molecule has 0 spiro atoms. The number of benzene rings is 1. The van der Waals surface area contributed by atoms with Crippen LogP contribution in [0.2, 0.25) is 0 Å². The van der Waals surface area contributed by atoms with Gasteiger partial charge in [0, 0.05) is 24.2 Å². The molecule has 0 unspecified atom stereocenters. The fraction of sp³-hybridized carbons (Fsp3) is 0.125. The molecule has 4 nitrogen and oxygen atoms in total. The summed E-state index contributed by atoms with van der Waals surface area (Å²) in [7, 11) is 0. The predicted molar refractivity (Wildman–Crippen MR) is 76.9 cm³/mol. The first-order valence-corrected chi connectivity index (χ1v) is 6.48. The average Bonchev–Trinajstić information content (AvgIpc) is 2.97. The van der Waals surface area contributed by atoms with Gasteiger partial charge in [-0.15, -0.1) is 0 Å². The lowest BCUT2D eigenvalue weighted by Gasteiger charge is -2.08. The summed E-state index contributed by atoms with van der Waals surface area (Å²) in [5, 5.41) is 13.4. The molecule has 1 N–H and O–H groups in total. The van der Waals surface area contributed by atoms with Crippen molar-refractivity contribution in [3.05, 3.63) is 72.2 Å². The van der Waals surface area contributed by atoms with Crippen LogP contribution in [0.15, 0.2) is 61.1 Å². The van der Waals surface area contributed by atoms with Gasteiger partial charge in [-0.05, 0) is 29.3 Å². The molecule has 0 bridgehead atoms. The van der Waals surface area contributed by atoms with Crippen LogP contribution in [0.5, 0.6) is 0 Å². The zero-order chi connectivity index (χ0) is 13.8. The van der Waals surface area contributed by atoms with Gasteiger partial charge in [0.2, 0.25) is 0 Å². The van der Waals surface area contributed by atoms with Crippen LogP contribution in [-0.4, -0.2) is 19.9 Å². The van der Waals surface area contributed by atoms with E-state index in [0.29, 0.717) is 6.54 Å². The van der Waals surface area contributed by atoms with Gasteiger partial charge in [-0.2, -0.15) is 5.10 Å². The maximum atomic E-state index is 9.05. The Labute approximate surface area is 117 Å². The molecule has 100 valence electrons. The van der Waals surface area contributed by atoms with Crippen LogP contribution < -0.4 is 0 Å². The molecule has 2 aromatic heterocycles. The molecule has 0 aliphatic rings. The van der Waals surface area contributed by atoms with Gasteiger partial charge in [0.25, 0.3) is 0 Å². The molecule has 4 heteroatoms. The maximum Gasteiger partial charge on any atom is 0.0687 e. The number of aromatic nitrogens is 3. The smallest absolute Gasteiger partial charge is 0.0687 e. The topological polar surface area (TPSA) is 50.9 Å². The standard InChI is InChI=1S/C16H15N3O/c20-12-14-3-1-13(2-4-14)11-19-16(7-10-18-19)15-5-8-17-9-6-15/h1-10,20H,11-12H2. The number of aliphatic hydroxyl groups is 1. The van der Waals surface area contributed by atoms with E-state index in [4.69, 9.17) is 5.11 Å². The molecule has 2 heterocycles. The minimum Gasteiger partial charge on any atom is -0.392 e. The Kier molecular flexibility index (Phi) is 3.56. The molecule has 0 saturated carbocycles. The number of hydrogen-bond donors (Lipinski definition) is 1. The third-order valence-electron chi connectivity index (χ3n) is 3.23. The maximum absolute atomic E-state index is 9.05. The number of aliphatic hydroxyl groups excluding tert-OH is 1. The van der Waals surface area contributed by atoms with E-state index in [9.17, 15) is 0 Å². The van der Waals surface area contributed by atoms with Crippen molar-refractivity contribution in [3.63, 3.8) is 0 Å². The summed E-state index contributed by atoms with van der Waals surface area (Å²) in [5.41, 5.74) is 4.24. The Morgan fingerprint density at radius 2 is 1.55 bits per heavy atom. The Morgan fingerprint density at radius 1 is 0.850 bits per heavy atom. The van der Waals surface area contributed by atoms with E-state index < -0.39 is 0 Å². The summed E-state index contributed by atoms with van der Waals surface area (Å²) in [4.78, 5) is 4.03. The first kappa shape index (κ1) is 12.6. The summed E-state index contributed by atoms with van der Waals surface area (Å²) < 4.78 is 1.96. The van der Waals surface area contributed by atoms with Crippen molar-refractivity contribution in [1.82, 2.24) is 14.8 Å². The second-order valence-electron chi connectivity index (χ2n) is 4.58. The van der Waals surface area contributed by atoms with Crippen molar-refractivity contribution in [2.24, 2.45) is 0 Å². The molecule has 3 aromatic rings. The van der Waals surface area contributed by atoms with E-state index in [0.717, 1.165) is 22.4 Å². The van der Waals surface area contributed by atoms with E-state index in [2.05, 4.69) is 10.1 Å². The monoisotopic (exact) mass is 265 g/mol. The molecule has 0 saturated heterocycles. The quantitative estimate of drug-likeness (QED) is 0.788.